The van der Waals surface area contributed by atoms with Gasteiger partial charge in [0.1, 0.15) is 0 Å². The van der Waals surface area contributed by atoms with E-state index >= 15 is 0 Å². The van der Waals surface area contributed by atoms with Crippen LogP contribution in [-0.2, 0) is 0 Å². The molecule has 0 N–H and O–H groups in total. The largest absolute Gasteiger partial charge is 0.453 e. The first-order chi connectivity index (χ1) is 6.71. The normalized spacial score (nSPS) is 24.4. The van der Waals surface area contributed by atoms with Gasteiger partial charge in [-0.3, -0.25) is 0 Å². The van der Waals surface area contributed by atoms with E-state index < -0.39 is 29.3 Å². The Morgan fingerprint density at radius 2 is 1.13 bits per heavy atom. The van der Waals surface area contributed by atoms with Crippen molar-refractivity contribution in [2.45, 2.75) is 44.7 Å². The Kier molecular flexibility index (Phi) is 2.12. The second-order valence-corrected chi connectivity index (χ2v) is 4.90. The molecule has 2 aliphatic carbocycles. The molecule has 2 fully saturated rings. The van der Waals surface area contributed by atoms with E-state index in [4.69, 9.17) is 0 Å². The molecule has 0 amide bonds. The highest BCUT2D eigenvalue weighted by molar-refractivity contribution is 5.09. The monoisotopic (exact) mass is 228 g/mol. The average molecular weight is 228 g/mol. The minimum absolute atomic E-state index is 0.443. The Bertz CT molecular complexity index is 247. The molecular weight excluding hydrogens is 215 g/mol. The molecule has 2 saturated carbocycles. The molecule has 0 spiro atoms. The molecule has 0 bridgehead atoms. The van der Waals surface area contributed by atoms with Gasteiger partial charge in [-0.2, -0.15) is 22.0 Å². The summed E-state index contributed by atoms with van der Waals surface area (Å²) >= 11 is 0. The molecule has 0 nitrogen and oxygen atoms in total. The number of rotatable bonds is 3. The first-order valence-electron chi connectivity index (χ1n) is 5.16. The summed E-state index contributed by atoms with van der Waals surface area (Å²) in [5, 5.41) is 0. The van der Waals surface area contributed by atoms with Crippen molar-refractivity contribution in [2.24, 2.45) is 17.3 Å². The van der Waals surface area contributed by atoms with Crippen LogP contribution in [0.1, 0.15) is 32.6 Å². The van der Waals surface area contributed by atoms with Crippen molar-refractivity contribution in [2.75, 3.05) is 0 Å². The molecular formula is C10H13F5. The molecule has 0 aromatic carbocycles. The molecule has 0 heterocycles. The van der Waals surface area contributed by atoms with Crippen molar-refractivity contribution in [3.05, 3.63) is 0 Å². The van der Waals surface area contributed by atoms with Crippen molar-refractivity contribution in [1.29, 1.82) is 0 Å². The molecule has 0 saturated heterocycles. The van der Waals surface area contributed by atoms with E-state index in [1.165, 1.54) is 0 Å². The van der Waals surface area contributed by atoms with Gasteiger partial charge in [0.25, 0.3) is 0 Å². The summed E-state index contributed by atoms with van der Waals surface area (Å²) < 4.78 is 63.9. The first-order valence-corrected chi connectivity index (χ1v) is 5.16. The SMILES string of the molecule is CC(C1CC1)(C1CC1)C(F)(F)C(F)(F)F. The highest BCUT2D eigenvalue weighted by Crippen LogP contribution is 2.67. The third-order valence-electron chi connectivity index (χ3n) is 3.88. The van der Waals surface area contributed by atoms with Crippen LogP contribution in [0.4, 0.5) is 22.0 Å². The summed E-state index contributed by atoms with van der Waals surface area (Å²) in [7, 11) is 0. The van der Waals surface area contributed by atoms with E-state index in [1.807, 2.05) is 0 Å². The van der Waals surface area contributed by atoms with Gasteiger partial charge in [-0.1, -0.05) is 6.92 Å². The predicted molar refractivity (Wildman–Crippen MR) is 44.6 cm³/mol. The van der Waals surface area contributed by atoms with Crippen LogP contribution in [0.25, 0.3) is 0 Å². The van der Waals surface area contributed by atoms with Crippen molar-refractivity contribution in [1.82, 2.24) is 0 Å². The second-order valence-electron chi connectivity index (χ2n) is 4.90. The number of halogens is 5. The van der Waals surface area contributed by atoms with Gasteiger partial charge >= 0.3 is 12.1 Å². The smallest absolute Gasteiger partial charge is 0.196 e. The van der Waals surface area contributed by atoms with Crippen LogP contribution in [0.5, 0.6) is 0 Å². The predicted octanol–water partition coefficient (Wildman–Crippen LogP) is 4.01. The first kappa shape index (κ1) is 11.1. The standard InChI is InChI=1S/C10H13F5/c1-8(6-2-3-6,7-4-5-7)9(11,12)10(13,14)15/h6-7H,2-5H2,1H3. The minimum atomic E-state index is -5.41. The van der Waals surface area contributed by atoms with Crippen LogP contribution < -0.4 is 0 Å². The highest BCUT2D eigenvalue weighted by atomic mass is 19.4. The number of alkyl halides is 5. The van der Waals surface area contributed by atoms with Crippen molar-refractivity contribution in [3.63, 3.8) is 0 Å². The van der Waals surface area contributed by atoms with Crippen molar-refractivity contribution in [3.8, 4) is 0 Å². The number of hydrogen-bond acceptors (Lipinski definition) is 0. The van der Waals surface area contributed by atoms with Crippen LogP contribution in [0.15, 0.2) is 0 Å². The maximum absolute atomic E-state index is 13.4. The Morgan fingerprint density at radius 3 is 1.33 bits per heavy atom. The van der Waals surface area contributed by atoms with E-state index in [2.05, 4.69) is 0 Å². The van der Waals surface area contributed by atoms with Crippen LogP contribution in [-0.4, -0.2) is 12.1 Å². The Morgan fingerprint density at radius 1 is 0.800 bits per heavy atom. The Labute approximate surface area is 84.8 Å². The third kappa shape index (κ3) is 1.46. The van der Waals surface area contributed by atoms with Gasteiger partial charge in [0.15, 0.2) is 0 Å². The molecule has 5 heteroatoms. The van der Waals surface area contributed by atoms with Gasteiger partial charge in [-0.15, -0.1) is 0 Å². The summed E-state index contributed by atoms with van der Waals surface area (Å²) in [5.74, 6) is -5.43. The van der Waals surface area contributed by atoms with Gasteiger partial charge in [-0.25, -0.2) is 0 Å². The maximum Gasteiger partial charge on any atom is 0.453 e. The van der Waals surface area contributed by atoms with Gasteiger partial charge in [-0.05, 0) is 37.5 Å². The summed E-state index contributed by atoms with van der Waals surface area (Å²) in [4.78, 5) is 0. The fourth-order valence-corrected chi connectivity index (χ4v) is 2.52. The van der Waals surface area contributed by atoms with Crippen molar-refractivity contribution >= 4 is 0 Å². The molecule has 0 aromatic rings. The summed E-state index contributed by atoms with van der Waals surface area (Å²) in [6.07, 6.45) is -3.36. The molecule has 0 radical (unpaired) electrons. The lowest BCUT2D eigenvalue weighted by molar-refractivity contribution is -0.331. The van der Waals surface area contributed by atoms with Crippen LogP contribution in [0.3, 0.4) is 0 Å². The fourth-order valence-electron chi connectivity index (χ4n) is 2.52. The quantitative estimate of drug-likeness (QED) is 0.640. The zero-order chi connectivity index (χ0) is 11.5. The third-order valence-corrected chi connectivity index (χ3v) is 3.88. The lowest BCUT2D eigenvalue weighted by atomic mass is 9.73. The van der Waals surface area contributed by atoms with E-state index in [0.29, 0.717) is 25.7 Å². The highest BCUT2D eigenvalue weighted by Gasteiger charge is 2.74. The molecule has 0 unspecified atom stereocenters. The molecule has 2 rings (SSSR count). The Hall–Kier alpha value is -0.350. The van der Waals surface area contributed by atoms with E-state index in [1.54, 1.807) is 0 Å². The topological polar surface area (TPSA) is 0 Å². The van der Waals surface area contributed by atoms with E-state index in [-0.39, 0.29) is 0 Å². The van der Waals surface area contributed by atoms with Crippen LogP contribution in [0.2, 0.25) is 0 Å². The van der Waals surface area contributed by atoms with Crippen molar-refractivity contribution < 1.29 is 22.0 Å². The zero-order valence-electron chi connectivity index (χ0n) is 8.37. The lowest BCUT2D eigenvalue weighted by Gasteiger charge is -2.39. The zero-order valence-corrected chi connectivity index (χ0v) is 8.37. The Balaban J connectivity index is 2.31. The summed E-state index contributed by atoms with van der Waals surface area (Å²) in [6, 6.07) is 0. The van der Waals surface area contributed by atoms with Gasteiger partial charge in [0.05, 0.1) is 0 Å². The molecule has 0 aromatic heterocycles. The average Bonchev–Trinajstić information content (AvgIpc) is 2.92. The molecule has 0 atom stereocenters. The number of hydrogen-bond donors (Lipinski definition) is 0. The van der Waals surface area contributed by atoms with E-state index in [9.17, 15) is 22.0 Å². The molecule has 15 heavy (non-hydrogen) atoms. The van der Waals surface area contributed by atoms with Gasteiger partial charge in [0, 0.05) is 5.41 Å². The molecule has 88 valence electrons. The fraction of sp³-hybridized carbons (Fsp3) is 1.00. The van der Waals surface area contributed by atoms with Crippen LogP contribution in [0, 0.1) is 17.3 Å². The molecule has 2 aliphatic rings. The van der Waals surface area contributed by atoms with Crippen LogP contribution >= 0.6 is 0 Å². The van der Waals surface area contributed by atoms with Gasteiger partial charge < -0.3 is 0 Å². The summed E-state index contributed by atoms with van der Waals surface area (Å²) in [5.41, 5.74) is -1.86. The minimum Gasteiger partial charge on any atom is -0.196 e. The molecule has 0 aliphatic heterocycles. The maximum atomic E-state index is 13.4. The second kappa shape index (κ2) is 2.86. The van der Waals surface area contributed by atoms with E-state index in [0.717, 1.165) is 6.92 Å². The lowest BCUT2D eigenvalue weighted by Crippen LogP contribution is -2.52. The summed E-state index contributed by atoms with van der Waals surface area (Å²) in [6.45, 7) is 1.12. The van der Waals surface area contributed by atoms with Gasteiger partial charge in [0.2, 0.25) is 0 Å².